The Morgan fingerprint density at radius 1 is 1.55 bits per heavy atom. The molecule has 0 saturated carbocycles. The summed E-state index contributed by atoms with van der Waals surface area (Å²) in [5, 5.41) is 12.6. The highest BCUT2D eigenvalue weighted by atomic mass is 15.2. The lowest BCUT2D eigenvalue weighted by atomic mass is 10.3. The van der Waals surface area contributed by atoms with Crippen molar-refractivity contribution >= 4 is 5.52 Å². The Labute approximate surface area is 63.5 Å². The maximum atomic E-state index is 8.55. The van der Waals surface area contributed by atoms with Crippen molar-refractivity contribution in [3.05, 3.63) is 36.2 Å². The van der Waals surface area contributed by atoms with Crippen LogP contribution in [0.25, 0.3) is 5.52 Å². The molecule has 0 N–H and O–H groups in total. The summed E-state index contributed by atoms with van der Waals surface area (Å²) in [5.74, 6) is 0. The zero-order valence-electron chi connectivity index (χ0n) is 5.73. The largest absolute Gasteiger partial charge is 0.240 e. The average molecular weight is 143 g/mol. The van der Waals surface area contributed by atoms with Crippen molar-refractivity contribution in [3.63, 3.8) is 0 Å². The molecule has 0 bridgehead atoms. The lowest BCUT2D eigenvalue weighted by Crippen LogP contribution is -1.84. The summed E-state index contributed by atoms with van der Waals surface area (Å²) in [4.78, 5) is 0. The van der Waals surface area contributed by atoms with Gasteiger partial charge in [-0.15, -0.1) is 0 Å². The number of hydrogen-bond donors (Lipinski definition) is 0. The molecule has 2 aromatic rings. The average Bonchev–Trinajstić information content (AvgIpc) is 2.46. The van der Waals surface area contributed by atoms with Crippen molar-refractivity contribution in [2.24, 2.45) is 0 Å². The van der Waals surface area contributed by atoms with Gasteiger partial charge in [0.2, 0.25) is 0 Å². The second kappa shape index (κ2) is 2.10. The van der Waals surface area contributed by atoms with E-state index in [-0.39, 0.29) is 0 Å². The van der Waals surface area contributed by atoms with Crippen molar-refractivity contribution < 1.29 is 0 Å². The highest BCUT2D eigenvalue weighted by Gasteiger charge is 1.95. The number of rotatable bonds is 0. The molecule has 0 aromatic carbocycles. The first kappa shape index (κ1) is 5.93. The SMILES string of the molecule is N#Cc1cc2cccnn2c1. The third-order valence-corrected chi connectivity index (χ3v) is 1.50. The van der Waals surface area contributed by atoms with Gasteiger partial charge >= 0.3 is 0 Å². The van der Waals surface area contributed by atoms with E-state index in [1.165, 1.54) is 0 Å². The summed E-state index contributed by atoms with van der Waals surface area (Å²) in [6.07, 6.45) is 3.39. The van der Waals surface area contributed by atoms with Crippen LogP contribution in [0.4, 0.5) is 0 Å². The van der Waals surface area contributed by atoms with E-state index in [0.29, 0.717) is 5.56 Å². The van der Waals surface area contributed by atoms with E-state index in [1.807, 2.05) is 12.1 Å². The van der Waals surface area contributed by atoms with Crippen LogP contribution in [-0.4, -0.2) is 9.61 Å². The summed E-state index contributed by atoms with van der Waals surface area (Å²) in [7, 11) is 0. The van der Waals surface area contributed by atoms with Gasteiger partial charge in [-0.2, -0.15) is 10.4 Å². The van der Waals surface area contributed by atoms with Crippen LogP contribution in [0.2, 0.25) is 0 Å². The zero-order valence-corrected chi connectivity index (χ0v) is 5.73. The highest BCUT2D eigenvalue weighted by Crippen LogP contribution is 2.05. The molecular formula is C8H5N3. The summed E-state index contributed by atoms with van der Waals surface area (Å²) < 4.78 is 1.68. The highest BCUT2D eigenvalue weighted by molar-refractivity contribution is 5.51. The van der Waals surface area contributed by atoms with Crippen LogP contribution in [0.5, 0.6) is 0 Å². The quantitative estimate of drug-likeness (QED) is 0.556. The number of aromatic nitrogens is 2. The molecule has 0 aliphatic heterocycles. The van der Waals surface area contributed by atoms with Crippen LogP contribution < -0.4 is 0 Å². The molecule has 2 rings (SSSR count). The predicted octanol–water partition coefficient (Wildman–Crippen LogP) is 1.21. The van der Waals surface area contributed by atoms with Crippen LogP contribution >= 0.6 is 0 Å². The van der Waals surface area contributed by atoms with Gasteiger partial charge in [-0.05, 0) is 18.2 Å². The monoisotopic (exact) mass is 143 g/mol. The molecule has 0 unspecified atom stereocenters. The first-order valence-corrected chi connectivity index (χ1v) is 3.23. The molecule has 0 atom stereocenters. The van der Waals surface area contributed by atoms with Crippen LogP contribution in [0, 0.1) is 11.3 Å². The Bertz CT molecular complexity index is 389. The Morgan fingerprint density at radius 3 is 3.18 bits per heavy atom. The molecule has 11 heavy (non-hydrogen) atoms. The van der Waals surface area contributed by atoms with E-state index in [9.17, 15) is 0 Å². The van der Waals surface area contributed by atoms with Gasteiger partial charge in [0.15, 0.2) is 0 Å². The zero-order chi connectivity index (χ0) is 7.68. The van der Waals surface area contributed by atoms with E-state index < -0.39 is 0 Å². The summed E-state index contributed by atoms with van der Waals surface area (Å²) in [6, 6.07) is 7.61. The van der Waals surface area contributed by atoms with Gasteiger partial charge < -0.3 is 0 Å². The first-order valence-electron chi connectivity index (χ1n) is 3.23. The minimum Gasteiger partial charge on any atom is -0.240 e. The van der Waals surface area contributed by atoms with Crippen molar-refractivity contribution in [3.8, 4) is 6.07 Å². The summed E-state index contributed by atoms with van der Waals surface area (Å²) in [6.45, 7) is 0. The third-order valence-electron chi connectivity index (χ3n) is 1.50. The van der Waals surface area contributed by atoms with Crippen molar-refractivity contribution in [1.82, 2.24) is 9.61 Å². The Balaban J connectivity index is 2.81. The molecule has 52 valence electrons. The van der Waals surface area contributed by atoms with E-state index in [2.05, 4.69) is 11.2 Å². The smallest absolute Gasteiger partial charge is 0.101 e. The molecular weight excluding hydrogens is 138 g/mol. The predicted molar refractivity (Wildman–Crippen MR) is 39.9 cm³/mol. The summed E-state index contributed by atoms with van der Waals surface area (Å²) >= 11 is 0. The van der Waals surface area contributed by atoms with Gasteiger partial charge in [-0.1, -0.05) is 0 Å². The second-order valence-corrected chi connectivity index (χ2v) is 2.23. The lowest BCUT2D eigenvalue weighted by Gasteiger charge is -1.87. The fourth-order valence-corrected chi connectivity index (χ4v) is 1.01. The van der Waals surface area contributed by atoms with Gasteiger partial charge in [0.05, 0.1) is 11.1 Å². The molecule has 0 aliphatic rings. The van der Waals surface area contributed by atoms with Crippen molar-refractivity contribution in [2.75, 3.05) is 0 Å². The van der Waals surface area contributed by atoms with Crippen LogP contribution in [0.3, 0.4) is 0 Å². The van der Waals surface area contributed by atoms with E-state index >= 15 is 0 Å². The Hall–Kier alpha value is -1.82. The molecule has 0 fully saturated rings. The molecule has 0 radical (unpaired) electrons. The fourth-order valence-electron chi connectivity index (χ4n) is 1.01. The van der Waals surface area contributed by atoms with Crippen molar-refractivity contribution in [1.29, 1.82) is 5.26 Å². The minimum atomic E-state index is 0.642. The summed E-state index contributed by atoms with van der Waals surface area (Å²) in [5.41, 5.74) is 1.59. The molecule has 0 saturated heterocycles. The van der Waals surface area contributed by atoms with Crippen molar-refractivity contribution in [2.45, 2.75) is 0 Å². The molecule has 2 heterocycles. The van der Waals surface area contributed by atoms with E-state index in [0.717, 1.165) is 5.52 Å². The standard InChI is InChI=1S/C8H5N3/c9-5-7-4-8-2-1-3-10-11(8)6-7/h1-4,6H. The molecule has 0 amide bonds. The topological polar surface area (TPSA) is 41.1 Å². The van der Waals surface area contributed by atoms with Gasteiger partial charge in [-0.25, -0.2) is 4.52 Å². The first-order chi connectivity index (χ1) is 5.40. The van der Waals surface area contributed by atoms with Gasteiger partial charge in [0.1, 0.15) is 6.07 Å². The molecule has 0 aliphatic carbocycles. The Morgan fingerprint density at radius 2 is 2.45 bits per heavy atom. The second-order valence-electron chi connectivity index (χ2n) is 2.23. The molecule has 3 nitrogen and oxygen atoms in total. The van der Waals surface area contributed by atoms with Crippen LogP contribution in [-0.2, 0) is 0 Å². The number of nitrogens with zero attached hydrogens (tertiary/aromatic N) is 3. The Kier molecular flexibility index (Phi) is 1.13. The fraction of sp³-hybridized carbons (Fsp3) is 0. The maximum Gasteiger partial charge on any atom is 0.101 e. The number of fused-ring (bicyclic) bond motifs is 1. The van der Waals surface area contributed by atoms with Crippen LogP contribution in [0.15, 0.2) is 30.6 Å². The number of nitriles is 1. The van der Waals surface area contributed by atoms with Crippen LogP contribution in [0.1, 0.15) is 5.56 Å². The minimum absolute atomic E-state index is 0.642. The maximum absolute atomic E-state index is 8.55. The normalized spacial score (nSPS) is 9.73. The van der Waals surface area contributed by atoms with Gasteiger partial charge in [0, 0.05) is 12.4 Å². The number of hydrogen-bond acceptors (Lipinski definition) is 2. The lowest BCUT2D eigenvalue weighted by molar-refractivity contribution is 0.940. The van der Waals surface area contributed by atoms with Gasteiger partial charge in [0.25, 0.3) is 0 Å². The molecule has 3 heteroatoms. The molecule has 0 spiro atoms. The molecule has 2 aromatic heterocycles. The van der Waals surface area contributed by atoms with Gasteiger partial charge in [-0.3, -0.25) is 0 Å². The van der Waals surface area contributed by atoms with E-state index in [1.54, 1.807) is 23.0 Å². The van der Waals surface area contributed by atoms with E-state index in [4.69, 9.17) is 5.26 Å². The third kappa shape index (κ3) is 0.849.